The molecule has 0 bridgehead atoms. The predicted molar refractivity (Wildman–Crippen MR) is 40.3 cm³/mol. The zero-order chi connectivity index (χ0) is 7.56. The smallest absolute Gasteiger partial charge is 0.137 e. The lowest BCUT2D eigenvalue weighted by molar-refractivity contribution is 0.387. The zero-order valence-corrected chi connectivity index (χ0v) is 6.42. The van der Waals surface area contributed by atoms with E-state index in [-0.39, 0.29) is 4.91 Å². The van der Waals surface area contributed by atoms with E-state index < -0.39 is 12.0 Å². The molecular formula is C7H8F2S. The first-order chi connectivity index (χ1) is 4.75. The molecule has 1 unspecified atom stereocenters. The van der Waals surface area contributed by atoms with Gasteiger partial charge in [-0.05, 0) is 12.3 Å². The fraction of sp³-hybridized carbons (Fsp3) is 0.429. The maximum absolute atomic E-state index is 12.7. The monoisotopic (exact) mass is 162 g/mol. The molecule has 1 rings (SSSR count). The van der Waals surface area contributed by atoms with E-state index in [4.69, 9.17) is 0 Å². The summed E-state index contributed by atoms with van der Waals surface area (Å²) in [5, 5.41) is 0. The van der Waals surface area contributed by atoms with E-state index in [1.807, 2.05) is 0 Å². The van der Waals surface area contributed by atoms with Crippen LogP contribution in [0.3, 0.4) is 0 Å². The molecule has 0 aromatic carbocycles. The minimum Gasteiger partial charge on any atom is -0.241 e. The Balaban J connectivity index is 2.83. The lowest BCUT2D eigenvalue weighted by Gasteiger charge is -2.11. The van der Waals surface area contributed by atoms with Gasteiger partial charge in [-0.2, -0.15) is 0 Å². The summed E-state index contributed by atoms with van der Waals surface area (Å²) in [5.74, 6) is -0.425. The van der Waals surface area contributed by atoms with Gasteiger partial charge < -0.3 is 0 Å². The lowest BCUT2D eigenvalue weighted by Crippen LogP contribution is -2.04. The molecular weight excluding hydrogens is 154 g/mol. The second-order valence-electron chi connectivity index (χ2n) is 2.02. The van der Waals surface area contributed by atoms with Gasteiger partial charge in [-0.25, -0.2) is 8.78 Å². The summed E-state index contributed by atoms with van der Waals surface area (Å²) in [6.45, 7) is 0. The van der Waals surface area contributed by atoms with Crippen molar-refractivity contribution in [2.24, 2.45) is 0 Å². The first-order valence-corrected chi connectivity index (χ1v) is 4.22. The van der Waals surface area contributed by atoms with Crippen molar-refractivity contribution in [1.29, 1.82) is 0 Å². The van der Waals surface area contributed by atoms with Crippen LogP contribution >= 0.6 is 11.8 Å². The van der Waals surface area contributed by atoms with Gasteiger partial charge in [0.1, 0.15) is 12.0 Å². The Morgan fingerprint density at radius 3 is 2.80 bits per heavy atom. The minimum absolute atomic E-state index is 0.225. The van der Waals surface area contributed by atoms with Crippen LogP contribution in [0.25, 0.3) is 0 Å². The van der Waals surface area contributed by atoms with Crippen LogP contribution in [0.2, 0.25) is 0 Å². The van der Waals surface area contributed by atoms with Crippen molar-refractivity contribution in [2.75, 3.05) is 6.26 Å². The Bertz CT molecular complexity index is 184. The van der Waals surface area contributed by atoms with E-state index in [1.54, 1.807) is 6.26 Å². The number of halogens is 2. The standard InChI is InChI=1S/C7H8F2S/c1-10-7-5(8)3-2-4-6(7)9/h2-3,6H,4H2,1H3. The third-order valence-electron chi connectivity index (χ3n) is 1.35. The summed E-state index contributed by atoms with van der Waals surface area (Å²) in [4.78, 5) is 0.225. The van der Waals surface area contributed by atoms with Gasteiger partial charge in [0.15, 0.2) is 0 Å². The van der Waals surface area contributed by atoms with Crippen LogP contribution < -0.4 is 0 Å². The molecule has 3 heteroatoms. The van der Waals surface area contributed by atoms with E-state index >= 15 is 0 Å². The molecule has 0 radical (unpaired) electrons. The maximum atomic E-state index is 12.7. The van der Waals surface area contributed by atoms with Gasteiger partial charge in [-0.3, -0.25) is 0 Å². The molecule has 0 amide bonds. The summed E-state index contributed by atoms with van der Waals surface area (Å²) in [6, 6.07) is 0. The minimum atomic E-state index is -1.13. The van der Waals surface area contributed by atoms with Crippen molar-refractivity contribution in [3.63, 3.8) is 0 Å². The Kier molecular flexibility index (Phi) is 2.49. The molecule has 10 heavy (non-hydrogen) atoms. The van der Waals surface area contributed by atoms with Crippen LogP contribution in [0.1, 0.15) is 6.42 Å². The van der Waals surface area contributed by atoms with Crippen molar-refractivity contribution in [2.45, 2.75) is 12.6 Å². The fourth-order valence-corrected chi connectivity index (χ4v) is 1.47. The lowest BCUT2D eigenvalue weighted by atomic mass is 10.1. The van der Waals surface area contributed by atoms with Crippen molar-refractivity contribution in [3.8, 4) is 0 Å². The molecule has 1 aliphatic rings. The Hall–Kier alpha value is -0.310. The Labute approximate surface area is 63.0 Å². The highest BCUT2D eigenvalue weighted by Gasteiger charge is 2.17. The molecule has 0 aromatic rings. The second-order valence-corrected chi connectivity index (χ2v) is 2.87. The first-order valence-electron chi connectivity index (χ1n) is 3.00. The number of allylic oxidation sites excluding steroid dienone is 4. The summed E-state index contributed by atoms with van der Waals surface area (Å²) >= 11 is 1.14. The predicted octanol–water partition coefficient (Wildman–Crippen LogP) is 2.83. The van der Waals surface area contributed by atoms with E-state index in [0.717, 1.165) is 11.8 Å². The van der Waals surface area contributed by atoms with Gasteiger partial charge in [0.25, 0.3) is 0 Å². The molecule has 0 nitrogen and oxygen atoms in total. The Morgan fingerprint density at radius 1 is 1.70 bits per heavy atom. The summed E-state index contributed by atoms with van der Waals surface area (Å²) in [7, 11) is 0. The Morgan fingerprint density at radius 2 is 2.40 bits per heavy atom. The van der Waals surface area contributed by atoms with E-state index in [2.05, 4.69) is 0 Å². The average molecular weight is 162 g/mol. The van der Waals surface area contributed by atoms with Crippen LogP contribution in [-0.4, -0.2) is 12.4 Å². The molecule has 0 aliphatic heterocycles. The quantitative estimate of drug-likeness (QED) is 0.571. The molecule has 1 aliphatic carbocycles. The second kappa shape index (κ2) is 3.19. The summed E-state index contributed by atoms with van der Waals surface area (Å²) in [5.41, 5.74) is 0. The molecule has 56 valence electrons. The van der Waals surface area contributed by atoms with Crippen molar-refractivity contribution >= 4 is 11.8 Å². The molecule has 0 heterocycles. The number of thioether (sulfide) groups is 1. The normalized spacial score (nSPS) is 25.7. The first kappa shape index (κ1) is 7.79. The molecule has 0 N–H and O–H groups in total. The van der Waals surface area contributed by atoms with E-state index in [0.29, 0.717) is 6.42 Å². The van der Waals surface area contributed by atoms with Crippen molar-refractivity contribution in [3.05, 3.63) is 22.9 Å². The third kappa shape index (κ3) is 1.40. The summed E-state index contributed by atoms with van der Waals surface area (Å²) in [6.07, 6.45) is 3.70. The largest absolute Gasteiger partial charge is 0.241 e. The molecule has 0 spiro atoms. The van der Waals surface area contributed by atoms with Gasteiger partial charge in [-0.1, -0.05) is 6.08 Å². The van der Waals surface area contributed by atoms with E-state index in [9.17, 15) is 8.78 Å². The fourth-order valence-electron chi connectivity index (χ4n) is 0.855. The van der Waals surface area contributed by atoms with Gasteiger partial charge in [0, 0.05) is 6.42 Å². The van der Waals surface area contributed by atoms with Gasteiger partial charge in [0.2, 0.25) is 0 Å². The van der Waals surface area contributed by atoms with Gasteiger partial charge in [0.05, 0.1) is 4.91 Å². The SMILES string of the molecule is CSC1=C(F)C=CCC1F. The highest BCUT2D eigenvalue weighted by atomic mass is 32.2. The van der Waals surface area contributed by atoms with E-state index in [1.165, 1.54) is 12.2 Å². The van der Waals surface area contributed by atoms with Crippen molar-refractivity contribution in [1.82, 2.24) is 0 Å². The highest BCUT2D eigenvalue weighted by molar-refractivity contribution is 8.02. The van der Waals surface area contributed by atoms with Crippen LogP contribution in [-0.2, 0) is 0 Å². The molecule has 0 saturated carbocycles. The molecule has 0 fully saturated rings. The number of alkyl halides is 1. The van der Waals surface area contributed by atoms with Crippen LogP contribution in [0.4, 0.5) is 8.78 Å². The van der Waals surface area contributed by atoms with Crippen molar-refractivity contribution < 1.29 is 8.78 Å². The van der Waals surface area contributed by atoms with Gasteiger partial charge >= 0.3 is 0 Å². The average Bonchev–Trinajstić information content (AvgIpc) is 1.88. The summed E-state index contributed by atoms with van der Waals surface area (Å²) < 4.78 is 25.4. The molecule has 1 atom stereocenters. The molecule has 0 aromatic heterocycles. The number of rotatable bonds is 1. The van der Waals surface area contributed by atoms with Crippen LogP contribution in [0.15, 0.2) is 22.9 Å². The van der Waals surface area contributed by atoms with Gasteiger partial charge in [-0.15, -0.1) is 11.8 Å². The van der Waals surface area contributed by atoms with Crippen LogP contribution in [0, 0.1) is 0 Å². The highest BCUT2D eigenvalue weighted by Crippen LogP contribution is 2.30. The van der Waals surface area contributed by atoms with Crippen LogP contribution in [0.5, 0.6) is 0 Å². The third-order valence-corrected chi connectivity index (χ3v) is 2.24. The number of hydrogen-bond acceptors (Lipinski definition) is 1. The maximum Gasteiger partial charge on any atom is 0.137 e. The zero-order valence-electron chi connectivity index (χ0n) is 5.60. The number of hydrogen-bond donors (Lipinski definition) is 0. The molecule has 0 saturated heterocycles. The topological polar surface area (TPSA) is 0 Å².